The Morgan fingerprint density at radius 3 is 2.57 bits per heavy atom. The number of hydrogen-bond donors (Lipinski definition) is 0. The molecule has 0 heterocycles. The number of carbonyl (C=O) groups is 1. The SMILES string of the molecule is O=C(Cl)c1cccc([N+](=O)[O-])c1[Se]Cl. The molecular formula is C7H3Cl2NO3Se. The van der Waals surface area contributed by atoms with Crippen LogP contribution in [0.1, 0.15) is 10.4 Å². The van der Waals surface area contributed by atoms with E-state index in [4.69, 9.17) is 21.7 Å². The third kappa shape index (κ3) is 2.25. The van der Waals surface area contributed by atoms with Crippen molar-refractivity contribution in [3.63, 3.8) is 0 Å². The van der Waals surface area contributed by atoms with Crippen molar-refractivity contribution in [2.75, 3.05) is 0 Å². The standard InChI is InChI=1S/C7H3Cl2NO3Se/c8-7(11)4-2-1-3-5(10(12)13)6(4)14-9/h1-3H. The summed E-state index contributed by atoms with van der Waals surface area (Å²) in [7, 11) is 5.57. The predicted octanol–water partition coefficient (Wildman–Crippen LogP) is 1.46. The van der Waals surface area contributed by atoms with Gasteiger partial charge in [-0.15, -0.1) is 0 Å². The van der Waals surface area contributed by atoms with Crippen LogP contribution in [0.3, 0.4) is 0 Å². The minimum absolute atomic E-state index is 0.107. The predicted molar refractivity (Wildman–Crippen MR) is 54.5 cm³/mol. The molecule has 0 radical (unpaired) electrons. The molecule has 14 heavy (non-hydrogen) atoms. The molecule has 74 valence electrons. The Labute approximate surface area is 94.7 Å². The summed E-state index contributed by atoms with van der Waals surface area (Å²) < 4.78 is 0.215. The molecule has 1 aromatic rings. The number of nitro groups is 1. The van der Waals surface area contributed by atoms with E-state index in [1.807, 2.05) is 0 Å². The zero-order valence-corrected chi connectivity index (χ0v) is 9.79. The monoisotopic (exact) mass is 299 g/mol. The van der Waals surface area contributed by atoms with Crippen LogP contribution in [0.15, 0.2) is 18.2 Å². The quantitative estimate of drug-likeness (QED) is 0.367. The van der Waals surface area contributed by atoms with Crippen molar-refractivity contribution in [3.8, 4) is 0 Å². The van der Waals surface area contributed by atoms with Crippen molar-refractivity contribution in [1.29, 1.82) is 0 Å². The summed E-state index contributed by atoms with van der Waals surface area (Å²) >= 11 is 4.59. The number of nitro benzene ring substituents is 1. The van der Waals surface area contributed by atoms with Gasteiger partial charge >= 0.3 is 94.7 Å². The number of nitrogens with zero attached hydrogens (tertiary/aromatic N) is 1. The van der Waals surface area contributed by atoms with E-state index in [1.54, 1.807) is 0 Å². The normalized spacial score (nSPS) is 9.86. The van der Waals surface area contributed by atoms with Crippen molar-refractivity contribution in [2.24, 2.45) is 0 Å². The van der Waals surface area contributed by atoms with E-state index in [9.17, 15) is 14.9 Å². The van der Waals surface area contributed by atoms with Gasteiger partial charge in [-0.05, 0) is 0 Å². The molecule has 0 aromatic heterocycles. The second-order valence-electron chi connectivity index (χ2n) is 2.26. The Balaban J connectivity index is 3.39. The topological polar surface area (TPSA) is 60.2 Å². The van der Waals surface area contributed by atoms with E-state index >= 15 is 0 Å². The number of hydrogen-bond acceptors (Lipinski definition) is 3. The van der Waals surface area contributed by atoms with Crippen LogP contribution < -0.4 is 4.46 Å². The summed E-state index contributed by atoms with van der Waals surface area (Å²) in [5, 5.41) is 9.83. The summed E-state index contributed by atoms with van der Waals surface area (Å²) in [6, 6.07) is 4.12. The van der Waals surface area contributed by atoms with Crippen molar-refractivity contribution in [3.05, 3.63) is 33.9 Å². The van der Waals surface area contributed by atoms with Gasteiger partial charge in [0.1, 0.15) is 0 Å². The van der Waals surface area contributed by atoms with E-state index in [0.717, 1.165) is 0 Å². The van der Waals surface area contributed by atoms with Gasteiger partial charge < -0.3 is 0 Å². The van der Waals surface area contributed by atoms with E-state index < -0.39 is 24.2 Å². The Morgan fingerprint density at radius 1 is 1.50 bits per heavy atom. The molecule has 0 spiro atoms. The molecule has 0 unspecified atom stereocenters. The fourth-order valence-corrected chi connectivity index (χ4v) is 3.01. The van der Waals surface area contributed by atoms with Gasteiger partial charge in [-0.1, -0.05) is 0 Å². The second kappa shape index (κ2) is 4.75. The van der Waals surface area contributed by atoms with Gasteiger partial charge in [0, 0.05) is 0 Å². The Kier molecular flexibility index (Phi) is 3.89. The molecule has 0 N–H and O–H groups in total. The van der Waals surface area contributed by atoms with Crippen LogP contribution in [0.25, 0.3) is 0 Å². The number of rotatable bonds is 3. The summed E-state index contributed by atoms with van der Waals surface area (Å²) in [6.45, 7) is 0. The molecule has 0 saturated heterocycles. The molecule has 7 heteroatoms. The molecule has 0 bridgehead atoms. The summed E-state index contributed by atoms with van der Waals surface area (Å²) in [5.41, 5.74) is -0.0534. The first-order chi connectivity index (χ1) is 6.57. The van der Waals surface area contributed by atoms with Gasteiger partial charge in [0.2, 0.25) is 0 Å². The van der Waals surface area contributed by atoms with Crippen LogP contribution >= 0.6 is 21.7 Å². The average molecular weight is 299 g/mol. The Hall–Kier alpha value is -0.611. The third-order valence-electron chi connectivity index (χ3n) is 1.48. The van der Waals surface area contributed by atoms with Gasteiger partial charge in [-0.2, -0.15) is 0 Å². The fraction of sp³-hybridized carbons (Fsp3) is 0. The van der Waals surface area contributed by atoms with Crippen molar-refractivity contribution < 1.29 is 9.72 Å². The maximum absolute atomic E-state index is 10.9. The van der Waals surface area contributed by atoms with Crippen LogP contribution in [-0.4, -0.2) is 24.2 Å². The fourth-order valence-electron chi connectivity index (χ4n) is 0.904. The van der Waals surface area contributed by atoms with Crippen molar-refractivity contribution >= 4 is 51.1 Å². The second-order valence-corrected chi connectivity index (χ2v) is 4.59. The molecule has 0 atom stereocenters. The average Bonchev–Trinajstić information content (AvgIpc) is 2.16. The van der Waals surface area contributed by atoms with Gasteiger partial charge in [-0.3, -0.25) is 0 Å². The molecule has 0 fully saturated rings. The van der Waals surface area contributed by atoms with Gasteiger partial charge in [0.05, 0.1) is 0 Å². The molecule has 0 aliphatic rings. The molecule has 0 saturated carbocycles. The van der Waals surface area contributed by atoms with Crippen molar-refractivity contribution in [2.45, 2.75) is 0 Å². The molecule has 1 rings (SSSR count). The van der Waals surface area contributed by atoms with E-state index in [2.05, 4.69) is 0 Å². The van der Waals surface area contributed by atoms with Crippen LogP contribution in [0.4, 0.5) is 5.69 Å². The summed E-state index contributed by atoms with van der Waals surface area (Å²) in [6.07, 6.45) is 0. The Bertz CT molecular complexity index is 364. The molecule has 0 aliphatic carbocycles. The van der Waals surface area contributed by atoms with Crippen LogP contribution in [0.2, 0.25) is 0 Å². The molecule has 0 aliphatic heterocycles. The van der Waals surface area contributed by atoms with Crippen LogP contribution in [-0.2, 0) is 0 Å². The zero-order chi connectivity index (χ0) is 10.7. The minimum atomic E-state index is -0.730. The van der Waals surface area contributed by atoms with E-state index in [-0.39, 0.29) is 15.7 Å². The van der Waals surface area contributed by atoms with Crippen molar-refractivity contribution in [1.82, 2.24) is 0 Å². The molecule has 4 nitrogen and oxygen atoms in total. The maximum atomic E-state index is 10.9. The van der Waals surface area contributed by atoms with E-state index in [0.29, 0.717) is 0 Å². The number of benzene rings is 1. The molecule has 0 amide bonds. The molecular weight excluding hydrogens is 296 g/mol. The number of carbonyl (C=O) groups excluding carboxylic acids is 1. The van der Waals surface area contributed by atoms with Gasteiger partial charge in [0.25, 0.3) is 0 Å². The first-order valence-corrected chi connectivity index (χ1v) is 6.82. The van der Waals surface area contributed by atoms with Gasteiger partial charge in [0.15, 0.2) is 0 Å². The number of halogens is 2. The first kappa shape index (κ1) is 11.5. The Morgan fingerprint density at radius 2 is 2.14 bits per heavy atom. The van der Waals surface area contributed by atoms with Crippen LogP contribution in [0.5, 0.6) is 0 Å². The molecule has 1 aromatic carbocycles. The van der Waals surface area contributed by atoms with Gasteiger partial charge in [-0.25, -0.2) is 0 Å². The van der Waals surface area contributed by atoms with E-state index in [1.165, 1.54) is 18.2 Å². The summed E-state index contributed by atoms with van der Waals surface area (Å²) in [4.78, 5) is 20.9. The van der Waals surface area contributed by atoms with Crippen LogP contribution in [0, 0.1) is 10.1 Å². The summed E-state index contributed by atoms with van der Waals surface area (Å²) in [5.74, 6) is 0. The zero-order valence-electron chi connectivity index (χ0n) is 6.57. The first-order valence-electron chi connectivity index (χ1n) is 3.33. The third-order valence-corrected chi connectivity index (χ3v) is 3.71.